The first-order valence-electron chi connectivity index (χ1n) is 8.49. The Labute approximate surface area is 145 Å². The topological polar surface area (TPSA) is 81.7 Å². The van der Waals surface area contributed by atoms with Crippen LogP contribution in [0, 0.1) is 6.92 Å². The number of aromatic nitrogens is 6. The summed E-state index contributed by atoms with van der Waals surface area (Å²) in [5.74, 6) is 0.784. The van der Waals surface area contributed by atoms with Crippen LogP contribution >= 0.6 is 0 Å². The Balaban J connectivity index is 1.66. The second-order valence-corrected chi connectivity index (χ2v) is 6.76. The van der Waals surface area contributed by atoms with Gasteiger partial charge in [-0.1, -0.05) is 0 Å². The van der Waals surface area contributed by atoms with E-state index in [-0.39, 0.29) is 11.6 Å². The summed E-state index contributed by atoms with van der Waals surface area (Å²) in [7, 11) is 0. The standard InChI is InChI=1S/C17H21N7O/c1-11(2)24-16-14(8-20-24)17(25)23-5-4-22(10-15(23)21-16)9-13-7-18-12(3)6-19-13/h6-8,11H,4-5,9-10H2,1-3H3. The van der Waals surface area contributed by atoms with Gasteiger partial charge in [0, 0.05) is 38.1 Å². The maximum absolute atomic E-state index is 12.7. The zero-order chi connectivity index (χ0) is 17.6. The van der Waals surface area contributed by atoms with Crippen molar-refractivity contribution in [3.63, 3.8) is 0 Å². The van der Waals surface area contributed by atoms with Crippen LogP contribution in [0.1, 0.15) is 37.1 Å². The molecule has 25 heavy (non-hydrogen) atoms. The molecule has 0 atom stereocenters. The van der Waals surface area contributed by atoms with Crippen LogP contribution in [0.2, 0.25) is 0 Å². The van der Waals surface area contributed by atoms with Crippen molar-refractivity contribution in [1.82, 2.24) is 34.2 Å². The molecule has 4 rings (SSSR count). The zero-order valence-corrected chi connectivity index (χ0v) is 14.7. The van der Waals surface area contributed by atoms with Crippen LogP contribution in [0.25, 0.3) is 11.0 Å². The SMILES string of the molecule is Cc1cnc(CN2CCn3c(nc4c(cnn4C(C)C)c3=O)C2)cn1. The second kappa shape index (κ2) is 6.03. The molecule has 0 spiro atoms. The summed E-state index contributed by atoms with van der Waals surface area (Å²) in [4.78, 5) is 28.4. The van der Waals surface area contributed by atoms with E-state index in [2.05, 4.69) is 20.0 Å². The maximum Gasteiger partial charge on any atom is 0.264 e. The number of rotatable bonds is 3. The van der Waals surface area contributed by atoms with Crippen LogP contribution in [0.3, 0.4) is 0 Å². The van der Waals surface area contributed by atoms with E-state index in [1.165, 1.54) is 0 Å². The molecule has 0 unspecified atom stereocenters. The van der Waals surface area contributed by atoms with E-state index in [0.29, 0.717) is 30.7 Å². The van der Waals surface area contributed by atoms with Crippen molar-refractivity contribution in [2.24, 2.45) is 0 Å². The van der Waals surface area contributed by atoms with Crippen LogP contribution in [-0.4, -0.2) is 40.7 Å². The van der Waals surface area contributed by atoms with Crippen molar-refractivity contribution >= 4 is 11.0 Å². The van der Waals surface area contributed by atoms with E-state index in [1.807, 2.05) is 31.6 Å². The highest BCUT2D eigenvalue weighted by Gasteiger charge is 2.22. The van der Waals surface area contributed by atoms with Gasteiger partial charge >= 0.3 is 0 Å². The van der Waals surface area contributed by atoms with E-state index in [0.717, 1.165) is 23.8 Å². The molecule has 0 aliphatic carbocycles. The van der Waals surface area contributed by atoms with Gasteiger partial charge in [0.15, 0.2) is 5.65 Å². The zero-order valence-electron chi connectivity index (χ0n) is 14.7. The van der Waals surface area contributed by atoms with Gasteiger partial charge in [0.05, 0.1) is 24.1 Å². The van der Waals surface area contributed by atoms with Crippen LogP contribution in [0.5, 0.6) is 0 Å². The van der Waals surface area contributed by atoms with E-state index in [9.17, 15) is 4.79 Å². The molecule has 0 amide bonds. The molecular weight excluding hydrogens is 318 g/mol. The van der Waals surface area contributed by atoms with Gasteiger partial charge < -0.3 is 0 Å². The molecule has 4 heterocycles. The Hall–Kier alpha value is -2.61. The Kier molecular flexibility index (Phi) is 3.84. The van der Waals surface area contributed by atoms with Crippen LogP contribution in [0.15, 0.2) is 23.4 Å². The minimum atomic E-state index is 0.00155. The van der Waals surface area contributed by atoms with Gasteiger partial charge in [-0.25, -0.2) is 9.67 Å². The van der Waals surface area contributed by atoms with Gasteiger partial charge in [-0.3, -0.25) is 24.2 Å². The number of fused-ring (bicyclic) bond motifs is 2. The predicted molar refractivity (Wildman–Crippen MR) is 93.1 cm³/mol. The van der Waals surface area contributed by atoms with Gasteiger partial charge in [0.1, 0.15) is 11.2 Å². The molecule has 0 radical (unpaired) electrons. The van der Waals surface area contributed by atoms with Crippen molar-refractivity contribution in [3.8, 4) is 0 Å². The average Bonchev–Trinajstić information content (AvgIpc) is 3.01. The fraction of sp³-hybridized carbons (Fsp3) is 0.471. The average molecular weight is 339 g/mol. The molecule has 0 N–H and O–H groups in total. The van der Waals surface area contributed by atoms with Crippen molar-refractivity contribution < 1.29 is 0 Å². The molecular formula is C17H21N7O. The van der Waals surface area contributed by atoms with E-state index in [1.54, 1.807) is 17.0 Å². The quantitative estimate of drug-likeness (QED) is 0.715. The molecule has 0 saturated carbocycles. The summed E-state index contributed by atoms with van der Waals surface area (Å²) < 4.78 is 3.58. The van der Waals surface area contributed by atoms with Crippen LogP contribution < -0.4 is 5.56 Å². The number of nitrogens with zero attached hydrogens (tertiary/aromatic N) is 7. The highest BCUT2D eigenvalue weighted by atomic mass is 16.1. The lowest BCUT2D eigenvalue weighted by atomic mass is 10.3. The molecule has 3 aromatic rings. The minimum Gasteiger partial charge on any atom is -0.294 e. The predicted octanol–water partition coefficient (Wildman–Crippen LogP) is 1.29. The highest BCUT2D eigenvalue weighted by molar-refractivity contribution is 5.73. The van der Waals surface area contributed by atoms with E-state index in [4.69, 9.17) is 4.98 Å². The molecule has 3 aromatic heterocycles. The van der Waals surface area contributed by atoms with Gasteiger partial charge in [0.2, 0.25) is 0 Å². The summed E-state index contributed by atoms with van der Waals surface area (Å²) in [5.41, 5.74) is 2.50. The third kappa shape index (κ3) is 2.82. The smallest absolute Gasteiger partial charge is 0.264 e. The third-order valence-electron chi connectivity index (χ3n) is 4.51. The van der Waals surface area contributed by atoms with Gasteiger partial charge in [-0.2, -0.15) is 5.10 Å². The molecule has 8 heteroatoms. The summed E-state index contributed by atoms with van der Waals surface area (Å²) in [5, 5.41) is 4.92. The summed E-state index contributed by atoms with van der Waals surface area (Å²) in [6.45, 7) is 8.72. The van der Waals surface area contributed by atoms with E-state index >= 15 is 0 Å². The summed E-state index contributed by atoms with van der Waals surface area (Å²) in [6.07, 6.45) is 5.22. The summed E-state index contributed by atoms with van der Waals surface area (Å²) >= 11 is 0. The van der Waals surface area contributed by atoms with Gasteiger partial charge in [-0.15, -0.1) is 0 Å². The highest BCUT2D eigenvalue weighted by Crippen LogP contribution is 2.17. The second-order valence-electron chi connectivity index (χ2n) is 6.76. The third-order valence-corrected chi connectivity index (χ3v) is 4.51. The number of aryl methyl sites for hydroxylation is 1. The van der Waals surface area contributed by atoms with Crippen LogP contribution in [0.4, 0.5) is 0 Å². The molecule has 0 saturated heterocycles. The Bertz CT molecular complexity index is 971. The fourth-order valence-electron chi connectivity index (χ4n) is 3.18. The van der Waals surface area contributed by atoms with Crippen molar-refractivity contribution in [3.05, 3.63) is 46.2 Å². The largest absolute Gasteiger partial charge is 0.294 e. The van der Waals surface area contributed by atoms with Crippen LogP contribution in [-0.2, 0) is 19.6 Å². The fourth-order valence-corrected chi connectivity index (χ4v) is 3.18. The first-order chi connectivity index (χ1) is 12.0. The molecule has 1 aliphatic rings. The molecule has 1 aliphatic heterocycles. The van der Waals surface area contributed by atoms with Gasteiger partial charge in [-0.05, 0) is 20.8 Å². The number of hydrogen-bond donors (Lipinski definition) is 0. The first-order valence-corrected chi connectivity index (χ1v) is 8.49. The van der Waals surface area contributed by atoms with Crippen molar-refractivity contribution in [2.75, 3.05) is 6.54 Å². The first kappa shape index (κ1) is 15.9. The van der Waals surface area contributed by atoms with Crippen molar-refractivity contribution in [2.45, 2.75) is 46.4 Å². The number of hydrogen-bond acceptors (Lipinski definition) is 6. The summed E-state index contributed by atoms with van der Waals surface area (Å²) in [6, 6.07) is 0.162. The van der Waals surface area contributed by atoms with Gasteiger partial charge in [0.25, 0.3) is 5.56 Å². The molecule has 0 fully saturated rings. The maximum atomic E-state index is 12.7. The lowest BCUT2D eigenvalue weighted by Crippen LogP contribution is -2.40. The Morgan fingerprint density at radius 3 is 2.72 bits per heavy atom. The van der Waals surface area contributed by atoms with Crippen molar-refractivity contribution in [1.29, 1.82) is 0 Å². The molecule has 8 nitrogen and oxygen atoms in total. The lowest BCUT2D eigenvalue weighted by Gasteiger charge is -2.28. The molecule has 0 aromatic carbocycles. The Morgan fingerprint density at radius 1 is 1.16 bits per heavy atom. The monoisotopic (exact) mass is 339 g/mol. The normalized spacial score (nSPS) is 15.0. The molecule has 130 valence electrons. The minimum absolute atomic E-state index is 0.00155. The Morgan fingerprint density at radius 2 is 2.00 bits per heavy atom. The van der Waals surface area contributed by atoms with E-state index < -0.39 is 0 Å². The lowest BCUT2D eigenvalue weighted by molar-refractivity contribution is 0.202. The molecule has 0 bridgehead atoms.